The van der Waals surface area contributed by atoms with Gasteiger partial charge in [-0.15, -0.1) is 11.3 Å². The quantitative estimate of drug-likeness (QED) is 0.510. The van der Waals surface area contributed by atoms with E-state index in [1.54, 1.807) is 11.3 Å². The molecule has 3 nitrogen and oxygen atoms in total. The summed E-state index contributed by atoms with van der Waals surface area (Å²) in [6.45, 7) is 7.17. The largest absolute Gasteiger partial charge is 0.352 e. The van der Waals surface area contributed by atoms with Gasteiger partial charge in [0.05, 0.1) is 5.56 Å². The Balaban J connectivity index is 1.47. The van der Waals surface area contributed by atoms with Gasteiger partial charge in [-0.1, -0.05) is 36.8 Å². The molecule has 4 heteroatoms. The third kappa shape index (κ3) is 5.66. The number of benzene rings is 1. The first-order valence-corrected chi connectivity index (χ1v) is 11.2. The van der Waals surface area contributed by atoms with Crippen LogP contribution in [-0.2, 0) is 19.4 Å². The fourth-order valence-electron chi connectivity index (χ4n) is 3.78. The van der Waals surface area contributed by atoms with Crippen molar-refractivity contribution in [2.75, 3.05) is 13.1 Å². The first-order valence-electron chi connectivity index (χ1n) is 10.3. The van der Waals surface area contributed by atoms with Crippen molar-refractivity contribution in [2.24, 2.45) is 0 Å². The van der Waals surface area contributed by atoms with Crippen LogP contribution in [0.1, 0.15) is 65.9 Å². The van der Waals surface area contributed by atoms with Gasteiger partial charge in [-0.3, -0.25) is 9.69 Å². The Bertz CT molecular complexity index is 723. The second-order valence-corrected chi connectivity index (χ2v) is 8.74. The van der Waals surface area contributed by atoms with Crippen LogP contribution in [0.2, 0.25) is 0 Å². The molecule has 0 aliphatic heterocycles. The minimum atomic E-state index is 0.119. The monoisotopic (exact) mass is 384 g/mol. The highest BCUT2D eigenvalue weighted by atomic mass is 32.1. The number of aryl methyl sites for hydroxylation is 1. The molecule has 0 saturated carbocycles. The predicted octanol–water partition coefficient (Wildman–Crippen LogP) is 5.05. The van der Waals surface area contributed by atoms with Gasteiger partial charge in [-0.2, -0.15) is 0 Å². The van der Waals surface area contributed by atoms with Gasteiger partial charge < -0.3 is 5.32 Å². The van der Waals surface area contributed by atoms with E-state index in [2.05, 4.69) is 59.8 Å². The van der Waals surface area contributed by atoms with Gasteiger partial charge in [0.1, 0.15) is 0 Å². The number of nitrogens with one attached hydrogen (secondary N) is 1. The first-order chi connectivity index (χ1) is 13.1. The lowest BCUT2D eigenvalue weighted by molar-refractivity contribution is 0.0950. The average Bonchev–Trinajstić information content (AvgIpc) is 2.93. The standard InChI is InChI=1S/C23H32N2OS/c1-18(2)25(16-19-10-5-3-6-11-19)15-9-14-24-23(26)21-17-27-22-13-8-4-7-12-20(21)22/h3,5-6,10-11,17-18H,4,7-9,12-16H2,1-2H3,(H,24,26). The lowest BCUT2D eigenvalue weighted by atomic mass is 10.1. The Morgan fingerprint density at radius 1 is 1.15 bits per heavy atom. The van der Waals surface area contributed by atoms with E-state index in [1.807, 2.05) is 0 Å². The van der Waals surface area contributed by atoms with E-state index in [0.29, 0.717) is 6.04 Å². The highest BCUT2D eigenvalue weighted by molar-refractivity contribution is 7.10. The molecule has 146 valence electrons. The van der Waals surface area contributed by atoms with Crippen LogP contribution in [0.15, 0.2) is 35.7 Å². The molecule has 0 bridgehead atoms. The number of carbonyl (C=O) groups excluding carboxylic acids is 1. The summed E-state index contributed by atoms with van der Waals surface area (Å²) in [6.07, 6.45) is 6.96. The fraction of sp³-hybridized carbons (Fsp3) is 0.522. The van der Waals surface area contributed by atoms with Crippen molar-refractivity contribution in [3.05, 3.63) is 57.3 Å². The maximum absolute atomic E-state index is 12.6. The lowest BCUT2D eigenvalue weighted by Gasteiger charge is -2.26. The summed E-state index contributed by atoms with van der Waals surface area (Å²) in [4.78, 5) is 16.5. The topological polar surface area (TPSA) is 32.3 Å². The zero-order valence-electron chi connectivity index (χ0n) is 16.7. The molecule has 1 heterocycles. The molecule has 1 amide bonds. The second-order valence-electron chi connectivity index (χ2n) is 7.77. The summed E-state index contributed by atoms with van der Waals surface area (Å²) in [7, 11) is 0. The van der Waals surface area contributed by atoms with Crippen LogP contribution >= 0.6 is 11.3 Å². The number of thiophene rings is 1. The van der Waals surface area contributed by atoms with E-state index < -0.39 is 0 Å². The molecule has 1 aliphatic rings. The zero-order chi connectivity index (χ0) is 19.1. The van der Waals surface area contributed by atoms with Crippen LogP contribution in [0.25, 0.3) is 0 Å². The third-order valence-electron chi connectivity index (χ3n) is 5.42. The third-order valence-corrected chi connectivity index (χ3v) is 6.51. The molecular formula is C23H32N2OS. The van der Waals surface area contributed by atoms with Crippen molar-refractivity contribution < 1.29 is 4.79 Å². The van der Waals surface area contributed by atoms with Gasteiger partial charge in [-0.25, -0.2) is 0 Å². The Kier molecular flexibility index (Phi) is 7.48. The van der Waals surface area contributed by atoms with Gasteiger partial charge in [0, 0.05) is 35.9 Å². The molecular weight excluding hydrogens is 352 g/mol. The van der Waals surface area contributed by atoms with Gasteiger partial charge in [0.2, 0.25) is 0 Å². The summed E-state index contributed by atoms with van der Waals surface area (Å²) < 4.78 is 0. The van der Waals surface area contributed by atoms with Crippen molar-refractivity contribution in [3.8, 4) is 0 Å². The Labute approximate surface area is 167 Å². The summed E-state index contributed by atoms with van der Waals surface area (Å²) in [6, 6.07) is 11.1. The molecule has 1 aliphatic carbocycles. The van der Waals surface area contributed by atoms with Crippen LogP contribution in [0.3, 0.4) is 0 Å². The molecule has 1 aromatic carbocycles. The zero-order valence-corrected chi connectivity index (χ0v) is 17.5. The molecule has 1 aromatic heterocycles. The van der Waals surface area contributed by atoms with E-state index in [4.69, 9.17) is 0 Å². The number of hydrogen-bond donors (Lipinski definition) is 1. The van der Waals surface area contributed by atoms with Crippen molar-refractivity contribution in [1.29, 1.82) is 0 Å². The number of rotatable bonds is 8. The molecule has 0 radical (unpaired) electrons. The minimum Gasteiger partial charge on any atom is -0.352 e. The van der Waals surface area contributed by atoms with E-state index in [0.717, 1.165) is 44.5 Å². The van der Waals surface area contributed by atoms with Crippen LogP contribution in [0.4, 0.5) is 0 Å². The van der Waals surface area contributed by atoms with Gasteiger partial charge >= 0.3 is 0 Å². The fourth-order valence-corrected chi connectivity index (χ4v) is 4.90. The van der Waals surface area contributed by atoms with Crippen molar-refractivity contribution >= 4 is 17.2 Å². The van der Waals surface area contributed by atoms with Crippen molar-refractivity contribution in [1.82, 2.24) is 10.2 Å². The van der Waals surface area contributed by atoms with Crippen molar-refractivity contribution in [2.45, 2.75) is 65.0 Å². The molecule has 3 rings (SSSR count). The molecule has 0 atom stereocenters. The highest BCUT2D eigenvalue weighted by Crippen LogP contribution is 2.29. The van der Waals surface area contributed by atoms with Crippen LogP contribution < -0.4 is 5.32 Å². The first kappa shape index (κ1) is 20.1. The van der Waals surface area contributed by atoms with Crippen LogP contribution in [0, 0.1) is 0 Å². The average molecular weight is 385 g/mol. The Morgan fingerprint density at radius 2 is 1.93 bits per heavy atom. The van der Waals surface area contributed by atoms with Gasteiger partial charge in [0.15, 0.2) is 0 Å². The number of hydrogen-bond acceptors (Lipinski definition) is 3. The van der Waals surface area contributed by atoms with E-state index >= 15 is 0 Å². The molecule has 2 aromatic rings. The van der Waals surface area contributed by atoms with Crippen LogP contribution in [-0.4, -0.2) is 29.9 Å². The predicted molar refractivity (Wildman–Crippen MR) is 115 cm³/mol. The molecule has 0 spiro atoms. The van der Waals surface area contributed by atoms with Crippen LogP contribution in [0.5, 0.6) is 0 Å². The highest BCUT2D eigenvalue weighted by Gasteiger charge is 2.19. The maximum Gasteiger partial charge on any atom is 0.252 e. The molecule has 0 unspecified atom stereocenters. The van der Waals surface area contributed by atoms with E-state index in [9.17, 15) is 4.79 Å². The van der Waals surface area contributed by atoms with E-state index in [-0.39, 0.29) is 5.91 Å². The number of amides is 1. The maximum atomic E-state index is 12.6. The molecule has 0 saturated heterocycles. The number of fused-ring (bicyclic) bond motifs is 1. The summed E-state index contributed by atoms with van der Waals surface area (Å²) in [5.41, 5.74) is 3.60. The molecule has 27 heavy (non-hydrogen) atoms. The Morgan fingerprint density at radius 3 is 2.70 bits per heavy atom. The van der Waals surface area contributed by atoms with E-state index in [1.165, 1.54) is 35.3 Å². The smallest absolute Gasteiger partial charge is 0.252 e. The number of carbonyl (C=O) groups is 1. The normalized spacial score (nSPS) is 14.2. The minimum absolute atomic E-state index is 0.119. The SMILES string of the molecule is CC(C)N(CCCNC(=O)c1csc2c1CCCCC2)Cc1ccccc1. The van der Waals surface area contributed by atoms with Crippen molar-refractivity contribution in [3.63, 3.8) is 0 Å². The second kappa shape index (κ2) is 10.0. The van der Waals surface area contributed by atoms with Gasteiger partial charge in [-0.05, 0) is 57.1 Å². The summed E-state index contributed by atoms with van der Waals surface area (Å²) >= 11 is 1.77. The molecule has 0 fully saturated rings. The molecule has 1 N–H and O–H groups in total. The van der Waals surface area contributed by atoms with Gasteiger partial charge in [0.25, 0.3) is 5.91 Å². The number of nitrogens with zero attached hydrogens (tertiary/aromatic N) is 1. The Hall–Kier alpha value is -1.65. The summed E-state index contributed by atoms with van der Waals surface area (Å²) in [5.74, 6) is 0.119. The lowest BCUT2D eigenvalue weighted by Crippen LogP contribution is -2.34. The summed E-state index contributed by atoms with van der Waals surface area (Å²) in [5, 5.41) is 5.23.